The van der Waals surface area contributed by atoms with Gasteiger partial charge in [-0.3, -0.25) is 0 Å². The molecule has 3 rings (SSSR count). The molecular formula is C20H20N4O3S. The number of amides is 2. The fraction of sp³-hybridized carbons (Fsp3) is 0.200. The Balaban J connectivity index is 1.72. The van der Waals surface area contributed by atoms with E-state index in [9.17, 15) is 18.5 Å². The van der Waals surface area contributed by atoms with E-state index in [-0.39, 0.29) is 4.90 Å². The van der Waals surface area contributed by atoms with Gasteiger partial charge in [0.1, 0.15) is 0 Å². The smallest absolute Gasteiger partial charge is 0.309 e. The number of nitrogens with zero attached hydrogens (tertiary/aromatic N) is 2. The average Bonchev–Trinajstić information content (AvgIpc) is 2.94. The molecule has 1 heterocycles. The minimum absolute atomic E-state index is 0.176. The number of sulfone groups is 1. The Morgan fingerprint density at radius 3 is 2.46 bits per heavy atom. The first-order valence-corrected chi connectivity index (χ1v) is 10.2. The van der Waals surface area contributed by atoms with Gasteiger partial charge in [0.05, 0.1) is 16.5 Å². The van der Waals surface area contributed by atoms with Crippen molar-refractivity contribution in [1.82, 2.24) is 4.90 Å². The highest BCUT2D eigenvalue weighted by molar-refractivity contribution is 7.94. The van der Waals surface area contributed by atoms with Crippen molar-refractivity contribution in [2.24, 2.45) is 0 Å². The molecule has 2 aromatic rings. The van der Waals surface area contributed by atoms with Gasteiger partial charge in [-0.15, -0.1) is 0 Å². The van der Waals surface area contributed by atoms with Crippen LogP contribution in [0.1, 0.15) is 16.7 Å². The zero-order valence-corrected chi connectivity index (χ0v) is 16.4. The van der Waals surface area contributed by atoms with Crippen LogP contribution < -0.4 is 10.6 Å². The van der Waals surface area contributed by atoms with Crippen molar-refractivity contribution < 1.29 is 13.2 Å². The number of likely N-dealkylation sites (N-methyl/N-ethyl adjacent to an activating group) is 1. The highest BCUT2D eigenvalue weighted by Gasteiger charge is 2.21. The zero-order chi connectivity index (χ0) is 20.3. The third-order valence-corrected chi connectivity index (χ3v) is 5.78. The Labute approximate surface area is 164 Å². The highest BCUT2D eigenvalue weighted by atomic mass is 32.2. The third kappa shape index (κ3) is 4.39. The first-order valence-electron chi connectivity index (χ1n) is 8.61. The molecule has 2 N–H and O–H groups in total. The Kier molecular flexibility index (Phi) is 5.49. The Morgan fingerprint density at radius 1 is 1.11 bits per heavy atom. The summed E-state index contributed by atoms with van der Waals surface area (Å²) in [6.45, 7) is 0.780. The second kappa shape index (κ2) is 7.84. The van der Waals surface area contributed by atoms with E-state index in [1.54, 1.807) is 30.3 Å². The van der Waals surface area contributed by atoms with E-state index in [4.69, 9.17) is 0 Å². The first-order chi connectivity index (χ1) is 13.3. The summed E-state index contributed by atoms with van der Waals surface area (Å²) in [4.78, 5) is 14.5. The lowest BCUT2D eigenvalue weighted by atomic mass is 10.0. The molecule has 7 nitrogen and oxygen atoms in total. The van der Waals surface area contributed by atoms with E-state index in [1.807, 2.05) is 19.0 Å². The van der Waals surface area contributed by atoms with Gasteiger partial charge >= 0.3 is 6.03 Å². The maximum absolute atomic E-state index is 12.3. The summed E-state index contributed by atoms with van der Waals surface area (Å²) in [6.07, 6.45) is 2.21. The lowest BCUT2D eigenvalue weighted by Crippen LogP contribution is -2.20. The lowest BCUT2D eigenvalue weighted by Gasteiger charge is -2.13. The van der Waals surface area contributed by atoms with Crippen LogP contribution in [0.4, 0.5) is 16.2 Å². The van der Waals surface area contributed by atoms with Crippen LogP contribution in [0.3, 0.4) is 0 Å². The van der Waals surface area contributed by atoms with Crippen molar-refractivity contribution in [3.63, 3.8) is 0 Å². The van der Waals surface area contributed by atoms with Gasteiger partial charge in [-0.25, -0.2) is 13.2 Å². The molecule has 8 heteroatoms. The van der Waals surface area contributed by atoms with Gasteiger partial charge in [-0.2, -0.15) is 5.26 Å². The molecule has 0 aromatic heterocycles. The van der Waals surface area contributed by atoms with E-state index >= 15 is 0 Å². The van der Waals surface area contributed by atoms with Crippen molar-refractivity contribution >= 4 is 33.3 Å². The minimum Gasteiger partial charge on any atom is -0.309 e. The number of rotatable bonds is 5. The number of carbonyl (C=O) groups is 1. The number of benzene rings is 2. The molecule has 0 saturated heterocycles. The summed E-state index contributed by atoms with van der Waals surface area (Å²) in [7, 11) is 0.468. The van der Waals surface area contributed by atoms with Crippen LogP contribution in [0.5, 0.6) is 0 Å². The molecule has 0 unspecified atom stereocenters. The third-order valence-electron chi connectivity index (χ3n) is 4.32. The van der Waals surface area contributed by atoms with E-state index in [2.05, 4.69) is 16.7 Å². The fourth-order valence-corrected chi connectivity index (χ4v) is 4.09. The minimum atomic E-state index is -3.44. The molecule has 0 atom stereocenters. The fourth-order valence-electron chi connectivity index (χ4n) is 2.86. The molecule has 0 saturated carbocycles. The SMILES string of the molecule is CN(C)CCc1cc(NC(=O)Nc2ccc3c(c2)S(=O)(=O)C=C3)ccc1C#N. The van der Waals surface area contributed by atoms with Gasteiger partial charge in [-0.05, 0) is 68.1 Å². The van der Waals surface area contributed by atoms with E-state index in [0.717, 1.165) is 17.5 Å². The quantitative estimate of drug-likeness (QED) is 0.809. The molecular weight excluding hydrogens is 376 g/mol. The molecule has 1 aliphatic heterocycles. The molecule has 0 fully saturated rings. The van der Waals surface area contributed by atoms with Gasteiger partial charge in [0.15, 0.2) is 0 Å². The Bertz CT molecular complexity index is 1100. The van der Waals surface area contributed by atoms with E-state index in [1.165, 1.54) is 12.1 Å². The molecule has 0 radical (unpaired) electrons. The van der Waals surface area contributed by atoms with Gasteiger partial charge in [-0.1, -0.05) is 6.07 Å². The number of fused-ring (bicyclic) bond motifs is 1. The average molecular weight is 396 g/mol. The summed E-state index contributed by atoms with van der Waals surface area (Å²) < 4.78 is 23.9. The van der Waals surface area contributed by atoms with Crippen molar-refractivity contribution in [3.8, 4) is 6.07 Å². The van der Waals surface area contributed by atoms with Crippen LogP contribution >= 0.6 is 0 Å². The number of urea groups is 1. The monoisotopic (exact) mass is 396 g/mol. The molecule has 0 spiro atoms. The normalized spacial score (nSPS) is 13.8. The first kappa shape index (κ1) is 19.6. The predicted octanol–water partition coefficient (Wildman–Crippen LogP) is 3.06. The van der Waals surface area contributed by atoms with Crippen LogP contribution in [0.15, 0.2) is 46.7 Å². The summed E-state index contributed by atoms with van der Waals surface area (Å²) in [5.74, 6) is 0. The molecule has 28 heavy (non-hydrogen) atoms. The van der Waals surface area contributed by atoms with Crippen LogP contribution in [0.2, 0.25) is 0 Å². The van der Waals surface area contributed by atoms with Crippen LogP contribution in [0, 0.1) is 11.3 Å². The molecule has 144 valence electrons. The van der Waals surface area contributed by atoms with Crippen molar-refractivity contribution in [3.05, 3.63) is 58.5 Å². The molecule has 0 bridgehead atoms. The second-order valence-corrected chi connectivity index (χ2v) is 8.52. The van der Waals surface area contributed by atoms with Crippen molar-refractivity contribution in [2.45, 2.75) is 11.3 Å². The zero-order valence-electron chi connectivity index (χ0n) is 15.6. The molecule has 2 aromatic carbocycles. The predicted molar refractivity (Wildman–Crippen MR) is 109 cm³/mol. The highest BCUT2D eigenvalue weighted by Crippen LogP contribution is 2.29. The van der Waals surface area contributed by atoms with Crippen molar-refractivity contribution in [1.29, 1.82) is 5.26 Å². The number of hydrogen-bond acceptors (Lipinski definition) is 5. The van der Waals surface area contributed by atoms with E-state index in [0.29, 0.717) is 28.9 Å². The number of nitriles is 1. The number of nitrogens with one attached hydrogen (secondary N) is 2. The maximum Gasteiger partial charge on any atom is 0.323 e. The van der Waals surface area contributed by atoms with Gasteiger partial charge < -0.3 is 15.5 Å². The van der Waals surface area contributed by atoms with Gasteiger partial charge in [0.25, 0.3) is 0 Å². The lowest BCUT2D eigenvalue weighted by molar-refractivity contribution is 0.262. The Morgan fingerprint density at radius 2 is 1.79 bits per heavy atom. The molecule has 2 amide bonds. The largest absolute Gasteiger partial charge is 0.323 e. The standard InChI is InChI=1S/C20H20N4O3S/c1-24(2)9-7-15-11-17(6-4-16(15)13-21)22-20(25)23-18-5-3-14-8-10-28(26,27)19(14)12-18/h3-6,8,10-12H,7,9H2,1-2H3,(H2,22,23,25). The second-order valence-electron chi connectivity index (χ2n) is 6.72. The van der Waals surface area contributed by atoms with Gasteiger partial charge in [0.2, 0.25) is 9.84 Å². The molecule has 0 aliphatic carbocycles. The summed E-state index contributed by atoms with van der Waals surface area (Å²) in [5.41, 5.74) is 2.96. The topological polar surface area (TPSA) is 102 Å². The van der Waals surface area contributed by atoms with Gasteiger partial charge in [0, 0.05) is 23.3 Å². The van der Waals surface area contributed by atoms with Crippen LogP contribution in [0.25, 0.3) is 6.08 Å². The molecule has 1 aliphatic rings. The number of hydrogen-bond donors (Lipinski definition) is 2. The number of carbonyl (C=O) groups excluding carboxylic acids is 1. The maximum atomic E-state index is 12.3. The summed E-state index contributed by atoms with van der Waals surface area (Å²) in [5, 5.41) is 15.8. The van der Waals surface area contributed by atoms with Crippen LogP contribution in [-0.2, 0) is 16.3 Å². The van der Waals surface area contributed by atoms with Crippen LogP contribution in [-0.4, -0.2) is 40.0 Å². The van der Waals surface area contributed by atoms with E-state index < -0.39 is 15.9 Å². The summed E-state index contributed by atoms with van der Waals surface area (Å²) >= 11 is 0. The summed E-state index contributed by atoms with van der Waals surface area (Å²) in [6, 6.07) is 11.5. The number of anilines is 2. The Hall–Kier alpha value is -3.15. The van der Waals surface area contributed by atoms with Crippen molar-refractivity contribution in [2.75, 3.05) is 31.3 Å².